The number of urea groups is 1. The van der Waals surface area contributed by atoms with Gasteiger partial charge in [-0.25, -0.2) is 14.7 Å². The zero-order chi connectivity index (χ0) is 22.5. The number of aromatic amines is 1. The first kappa shape index (κ1) is 20.6. The van der Waals surface area contributed by atoms with E-state index >= 15 is 0 Å². The second-order valence-corrected chi connectivity index (χ2v) is 8.69. The molecule has 0 radical (unpaired) electrons. The van der Waals surface area contributed by atoms with Gasteiger partial charge >= 0.3 is 11.5 Å². The Morgan fingerprint density at radius 2 is 1.84 bits per heavy atom. The summed E-state index contributed by atoms with van der Waals surface area (Å²) < 4.78 is 37.8. The van der Waals surface area contributed by atoms with Crippen molar-refractivity contribution in [3.8, 4) is 11.4 Å². The summed E-state index contributed by atoms with van der Waals surface area (Å²) in [4.78, 5) is 40.4. The summed E-state index contributed by atoms with van der Waals surface area (Å²) in [6, 6.07) is 6.53. The number of carbonyl (C=O) groups is 2. The third-order valence-corrected chi connectivity index (χ3v) is 6.32. The Morgan fingerprint density at radius 3 is 2.47 bits per heavy atom. The molecule has 11 heteroatoms. The molecule has 5 rings (SSSR count). The number of hydrogen-bond donors (Lipinski definition) is 1. The minimum absolute atomic E-state index is 0.0155. The molecule has 1 aromatic carbocycles. The van der Waals surface area contributed by atoms with Crippen LogP contribution in [0.15, 0.2) is 60.0 Å². The number of H-pyrrole nitrogens is 1. The van der Waals surface area contributed by atoms with E-state index in [0.29, 0.717) is 18.7 Å². The fourth-order valence-corrected chi connectivity index (χ4v) is 4.46. The third kappa shape index (κ3) is 3.52. The quantitative estimate of drug-likeness (QED) is 0.446. The maximum atomic E-state index is 13.3. The molecular formula is C21H16F3N5O2S. The van der Waals surface area contributed by atoms with E-state index in [-0.39, 0.29) is 34.8 Å². The molecular weight excluding hydrogens is 443 g/mol. The van der Waals surface area contributed by atoms with Gasteiger partial charge in [0.2, 0.25) is 0 Å². The lowest BCUT2D eigenvalue weighted by atomic mass is 10.1. The van der Waals surface area contributed by atoms with Gasteiger partial charge in [-0.3, -0.25) is 9.78 Å². The van der Waals surface area contributed by atoms with Gasteiger partial charge in [0.05, 0.1) is 5.69 Å². The standard InChI is InChI=1S/C21H16F3N5O2S/c22-21(23,24)32-15-3-1-14(2-4-15)29-18(30)20(6-7-20)28(19(29)31)12-13-5-8-25-11-16(13)17-26-9-10-27-17/h1-5,8-11H,6-7,12H2,(H,26,27). The van der Waals surface area contributed by atoms with E-state index in [9.17, 15) is 22.8 Å². The molecule has 1 saturated carbocycles. The first-order valence-corrected chi connectivity index (χ1v) is 10.5. The summed E-state index contributed by atoms with van der Waals surface area (Å²) in [7, 11) is 0. The SMILES string of the molecule is O=C1N(c2ccc(SC(F)(F)F)cc2)C(=O)C2(CC2)N1Cc1ccncc1-c1ncc[nH]1. The van der Waals surface area contributed by atoms with Crippen molar-refractivity contribution in [2.24, 2.45) is 0 Å². The zero-order valence-corrected chi connectivity index (χ0v) is 17.3. The molecule has 1 aliphatic heterocycles. The predicted molar refractivity (Wildman–Crippen MR) is 111 cm³/mol. The highest BCUT2D eigenvalue weighted by Crippen LogP contribution is 2.50. The number of imidazole rings is 1. The Morgan fingerprint density at radius 1 is 1.09 bits per heavy atom. The Bertz CT molecular complexity index is 1180. The van der Waals surface area contributed by atoms with Gasteiger partial charge in [0.1, 0.15) is 11.4 Å². The summed E-state index contributed by atoms with van der Waals surface area (Å²) in [6.07, 6.45) is 7.63. The van der Waals surface area contributed by atoms with Crippen LogP contribution in [0, 0.1) is 0 Å². The lowest BCUT2D eigenvalue weighted by Crippen LogP contribution is -2.36. The molecule has 7 nitrogen and oxygen atoms in total. The molecule has 0 bridgehead atoms. The van der Waals surface area contributed by atoms with E-state index in [2.05, 4.69) is 15.0 Å². The number of rotatable bonds is 5. The van der Waals surface area contributed by atoms with Crippen LogP contribution in [0.1, 0.15) is 18.4 Å². The Kier molecular flexibility index (Phi) is 4.73. The number of hydrogen-bond acceptors (Lipinski definition) is 5. The number of aromatic nitrogens is 3. The Labute approximate surface area is 184 Å². The maximum Gasteiger partial charge on any atom is 0.446 e. The van der Waals surface area contributed by atoms with Crippen LogP contribution in [0.5, 0.6) is 0 Å². The normalized spacial score (nSPS) is 17.5. The van der Waals surface area contributed by atoms with Crippen LogP contribution in [-0.4, -0.2) is 42.8 Å². The summed E-state index contributed by atoms with van der Waals surface area (Å²) in [5.74, 6) is 0.248. The molecule has 3 amide bonds. The van der Waals surface area contributed by atoms with Gasteiger partial charge in [0, 0.05) is 41.8 Å². The van der Waals surface area contributed by atoms with Crippen LogP contribution >= 0.6 is 11.8 Å². The number of nitrogens with one attached hydrogen (secondary N) is 1. The molecule has 1 spiro atoms. The van der Waals surface area contributed by atoms with Crippen LogP contribution in [0.2, 0.25) is 0 Å². The molecule has 1 aliphatic carbocycles. The molecule has 2 aliphatic rings. The molecule has 0 unspecified atom stereocenters. The highest BCUT2D eigenvalue weighted by atomic mass is 32.2. The molecule has 32 heavy (non-hydrogen) atoms. The number of benzene rings is 1. The molecule has 1 N–H and O–H groups in total. The number of nitrogens with zero attached hydrogens (tertiary/aromatic N) is 4. The smallest absolute Gasteiger partial charge is 0.345 e. The van der Waals surface area contributed by atoms with Crippen molar-refractivity contribution in [2.75, 3.05) is 4.90 Å². The topological polar surface area (TPSA) is 82.2 Å². The summed E-state index contributed by atoms with van der Waals surface area (Å²) in [5, 5.41) is 0. The van der Waals surface area contributed by atoms with Gasteiger partial charge < -0.3 is 9.88 Å². The molecule has 2 fully saturated rings. The largest absolute Gasteiger partial charge is 0.446 e. The van der Waals surface area contributed by atoms with E-state index < -0.39 is 17.1 Å². The molecule has 3 heterocycles. The Balaban J connectivity index is 1.43. The van der Waals surface area contributed by atoms with Crippen LogP contribution < -0.4 is 4.90 Å². The first-order valence-electron chi connectivity index (χ1n) is 9.73. The Hall–Kier alpha value is -3.34. The summed E-state index contributed by atoms with van der Waals surface area (Å²) in [6.45, 7) is 0.182. The van der Waals surface area contributed by atoms with Crippen LogP contribution in [0.25, 0.3) is 11.4 Å². The molecule has 0 atom stereocenters. The average Bonchev–Trinajstić information content (AvgIpc) is 3.31. The van der Waals surface area contributed by atoms with Gasteiger partial charge in [-0.05, 0) is 60.5 Å². The number of alkyl halides is 3. The van der Waals surface area contributed by atoms with Crippen LogP contribution in [0.4, 0.5) is 23.7 Å². The van der Waals surface area contributed by atoms with E-state index in [0.717, 1.165) is 16.0 Å². The lowest BCUT2D eigenvalue weighted by molar-refractivity contribution is -0.120. The molecule has 2 aromatic heterocycles. The monoisotopic (exact) mass is 459 g/mol. The summed E-state index contributed by atoms with van der Waals surface area (Å²) in [5.41, 5.74) is -3.57. The number of amides is 3. The van der Waals surface area contributed by atoms with E-state index in [1.165, 1.54) is 29.2 Å². The van der Waals surface area contributed by atoms with Crippen molar-refractivity contribution < 1.29 is 22.8 Å². The molecule has 1 saturated heterocycles. The second kappa shape index (κ2) is 7.37. The molecule has 3 aromatic rings. The van der Waals surface area contributed by atoms with Crippen LogP contribution in [-0.2, 0) is 11.3 Å². The van der Waals surface area contributed by atoms with Gasteiger partial charge in [-0.2, -0.15) is 13.2 Å². The minimum Gasteiger partial charge on any atom is -0.345 e. The van der Waals surface area contributed by atoms with Crippen molar-refractivity contribution in [3.05, 3.63) is 60.7 Å². The van der Waals surface area contributed by atoms with Gasteiger partial charge in [-0.1, -0.05) is 0 Å². The number of imide groups is 1. The van der Waals surface area contributed by atoms with Crippen LogP contribution in [0.3, 0.4) is 0 Å². The zero-order valence-electron chi connectivity index (χ0n) is 16.5. The number of carbonyl (C=O) groups excluding carboxylic acids is 2. The van der Waals surface area contributed by atoms with Crippen molar-refractivity contribution in [3.63, 3.8) is 0 Å². The lowest BCUT2D eigenvalue weighted by Gasteiger charge is -2.22. The number of anilines is 1. The van der Waals surface area contributed by atoms with Crippen molar-refractivity contribution in [2.45, 2.75) is 35.3 Å². The fourth-order valence-electron chi connectivity index (χ4n) is 3.92. The van der Waals surface area contributed by atoms with Gasteiger partial charge in [-0.15, -0.1) is 0 Å². The van der Waals surface area contributed by atoms with Crippen molar-refractivity contribution in [1.29, 1.82) is 0 Å². The average molecular weight is 459 g/mol. The van der Waals surface area contributed by atoms with E-state index in [4.69, 9.17) is 0 Å². The van der Waals surface area contributed by atoms with Crippen molar-refractivity contribution in [1.82, 2.24) is 19.9 Å². The third-order valence-electron chi connectivity index (χ3n) is 5.59. The number of thioether (sulfide) groups is 1. The van der Waals surface area contributed by atoms with E-state index in [1.54, 1.807) is 30.9 Å². The predicted octanol–water partition coefficient (Wildman–Crippen LogP) is 4.59. The van der Waals surface area contributed by atoms with Gasteiger partial charge in [0.15, 0.2) is 0 Å². The van der Waals surface area contributed by atoms with E-state index in [1.807, 2.05) is 0 Å². The fraction of sp³-hybridized carbons (Fsp3) is 0.238. The number of pyridine rings is 1. The van der Waals surface area contributed by atoms with Crippen molar-refractivity contribution >= 4 is 29.4 Å². The highest BCUT2D eigenvalue weighted by Gasteiger charge is 2.65. The first-order chi connectivity index (χ1) is 15.3. The second-order valence-electron chi connectivity index (χ2n) is 7.55. The molecule has 164 valence electrons. The highest BCUT2D eigenvalue weighted by molar-refractivity contribution is 8.00. The maximum absolute atomic E-state index is 13.3. The van der Waals surface area contributed by atoms with Gasteiger partial charge in [0.25, 0.3) is 5.91 Å². The number of halogens is 3. The summed E-state index contributed by atoms with van der Waals surface area (Å²) >= 11 is -0.245. The minimum atomic E-state index is -4.41.